The van der Waals surface area contributed by atoms with Crippen LogP contribution in [0.2, 0.25) is 0 Å². The molecule has 0 amide bonds. The topological polar surface area (TPSA) is 38.1 Å². The van der Waals surface area contributed by atoms with Gasteiger partial charge >= 0.3 is 0 Å². The number of aryl methyl sites for hydroxylation is 2. The molecule has 0 saturated carbocycles. The van der Waals surface area contributed by atoms with Gasteiger partial charge in [0.2, 0.25) is 0 Å². The molecule has 4 nitrogen and oxygen atoms in total. The van der Waals surface area contributed by atoms with E-state index in [1.54, 1.807) is 23.1 Å². The number of thiophene rings is 1. The molecule has 1 aliphatic heterocycles. The van der Waals surface area contributed by atoms with Crippen LogP contribution in [0.1, 0.15) is 28.0 Å². The largest absolute Gasteiger partial charge is 0.301 e. The fourth-order valence-corrected chi connectivity index (χ4v) is 6.62. The summed E-state index contributed by atoms with van der Waals surface area (Å²) in [5, 5.41) is 1.63. The molecule has 6 heteroatoms. The number of aromatic nitrogens is 2. The summed E-state index contributed by atoms with van der Waals surface area (Å²) in [4.78, 5) is 23.4. The molecule has 0 N–H and O–H groups in total. The summed E-state index contributed by atoms with van der Waals surface area (Å²) in [5.41, 5.74) is 4.69. The van der Waals surface area contributed by atoms with Gasteiger partial charge in [-0.25, -0.2) is 4.98 Å². The number of hydrogen-bond acceptors (Lipinski definition) is 5. The summed E-state index contributed by atoms with van der Waals surface area (Å²) in [7, 11) is 2.14. The van der Waals surface area contributed by atoms with Crippen LogP contribution < -0.4 is 5.56 Å². The highest BCUT2D eigenvalue weighted by Gasteiger charge is 2.24. The summed E-state index contributed by atoms with van der Waals surface area (Å²) in [5.74, 6) is 0.923. The van der Waals surface area contributed by atoms with Gasteiger partial charge in [-0.05, 0) is 62.1 Å². The molecule has 0 spiro atoms. The van der Waals surface area contributed by atoms with Gasteiger partial charge in [-0.2, -0.15) is 0 Å². The molecule has 2 aromatic carbocycles. The van der Waals surface area contributed by atoms with Gasteiger partial charge in [0.1, 0.15) is 4.83 Å². The second-order valence-corrected chi connectivity index (χ2v) is 10.6. The maximum atomic E-state index is 13.8. The third-order valence-electron chi connectivity index (χ3n) is 5.98. The number of hydrogen-bond donors (Lipinski definition) is 0. The highest BCUT2D eigenvalue weighted by molar-refractivity contribution is 7.99. The van der Waals surface area contributed by atoms with Crippen molar-refractivity contribution in [3.8, 4) is 5.69 Å². The zero-order chi connectivity index (χ0) is 22.1. The van der Waals surface area contributed by atoms with E-state index >= 15 is 0 Å². The van der Waals surface area contributed by atoms with Gasteiger partial charge in [0.25, 0.3) is 5.56 Å². The SMILES string of the molecule is Cc1cccc(-n2c(SCCCc3ccccc3)nc3sc4c(c3c2=O)CCN(C)C4)c1. The number of rotatable bonds is 6. The van der Waals surface area contributed by atoms with E-state index in [-0.39, 0.29) is 5.56 Å². The minimum absolute atomic E-state index is 0.0770. The first kappa shape index (κ1) is 21.4. The molecule has 0 fully saturated rings. The average Bonchev–Trinajstić information content (AvgIpc) is 3.15. The van der Waals surface area contributed by atoms with E-state index < -0.39 is 0 Å². The summed E-state index contributed by atoms with van der Waals surface area (Å²) < 4.78 is 1.84. The predicted octanol–water partition coefficient (Wildman–Crippen LogP) is 5.47. The van der Waals surface area contributed by atoms with Crippen LogP contribution in [0, 0.1) is 6.92 Å². The molecular formula is C26H27N3OS2. The summed E-state index contributed by atoms with van der Waals surface area (Å²) >= 11 is 3.39. The summed E-state index contributed by atoms with van der Waals surface area (Å²) in [6, 6.07) is 18.7. The van der Waals surface area contributed by atoms with Crippen molar-refractivity contribution >= 4 is 33.3 Å². The highest BCUT2D eigenvalue weighted by Crippen LogP contribution is 2.34. The molecular weight excluding hydrogens is 434 g/mol. The van der Waals surface area contributed by atoms with Crippen molar-refractivity contribution in [2.45, 2.75) is 37.9 Å². The fourth-order valence-electron chi connectivity index (χ4n) is 4.33. The Kier molecular flexibility index (Phi) is 6.17. The van der Waals surface area contributed by atoms with E-state index in [1.165, 1.54) is 16.0 Å². The second-order valence-electron chi connectivity index (χ2n) is 8.48. The van der Waals surface area contributed by atoms with E-state index in [0.717, 1.165) is 64.7 Å². The highest BCUT2D eigenvalue weighted by atomic mass is 32.2. The minimum atomic E-state index is 0.0770. The van der Waals surface area contributed by atoms with Gasteiger partial charge in [-0.1, -0.05) is 54.2 Å². The maximum Gasteiger partial charge on any atom is 0.267 e. The molecule has 3 heterocycles. The zero-order valence-corrected chi connectivity index (χ0v) is 20.1. The predicted molar refractivity (Wildman–Crippen MR) is 135 cm³/mol. The molecule has 5 rings (SSSR count). The smallest absolute Gasteiger partial charge is 0.267 e. The van der Waals surface area contributed by atoms with Crippen LogP contribution in [-0.4, -0.2) is 33.8 Å². The summed E-state index contributed by atoms with van der Waals surface area (Å²) in [6.45, 7) is 3.95. The fraction of sp³-hybridized carbons (Fsp3) is 0.308. The molecule has 32 heavy (non-hydrogen) atoms. The van der Waals surface area contributed by atoms with Crippen molar-refractivity contribution in [2.24, 2.45) is 0 Å². The number of likely N-dealkylation sites (N-methyl/N-ethyl adjacent to an activating group) is 1. The van der Waals surface area contributed by atoms with Gasteiger partial charge in [0.15, 0.2) is 5.16 Å². The Hall–Kier alpha value is -2.41. The van der Waals surface area contributed by atoms with Gasteiger partial charge in [0, 0.05) is 23.7 Å². The monoisotopic (exact) mass is 461 g/mol. The van der Waals surface area contributed by atoms with E-state index in [9.17, 15) is 4.79 Å². The van der Waals surface area contributed by atoms with Crippen LogP contribution in [0.3, 0.4) is 0 Å². The van der Waals surface area contributed by atoms with Gasteiger partial charge in [-0.3, -0.25) is 9.36 Å². The van der Waals surface area contributed by atoms with Gasteiger partial charge in [0.05, 0.1) is 11.1 Å². The molecule has 164 valence electrons. The van der Waals surface area contributed by atoms with Crippen LogP contribution in [-0.2, 0) is 19.4 Å². The van der Waals surface area contributed by atoms with E-state index in [0.29, 0.717) is 0 Å². The van der Waals surface area contributed by atoms with E-state index in [2.05, 4.69) is 61.3 Å². The number of benzene rings is 2. The molecule has 4 aromatic rings. The average molecular weight is 462 g/mol. The molecule has 2 aromatic heterocycles. The molecule has 0 radical (unpaired) electrons. The van der Waals surface area contributed by atoms with Crippen molar-refractivity contribution in [1.82, 2.24) is 14.5 Å². The third kappa shape index (κ3) is 4.27. The number of fused-ring (bicyclic) bond motifs is 3. The lowest BCUT2D eigenvalue weighted by atomic mass is 10.1. The van der Waals surface area contributed by atoms with Crippen LogP contribution >= 0.6 is 23.1 Å². The quantitative estimate of drug-likeness (QED) is 0.217. The van der Waals surface area contributed by atoms with Crippen LogP contribution in [0.25, 0.3) is 15.9 Å². The lowest BCUT2D eigenvalue weighted by Crippen LogP contribution is -2.27. The Labute approximate surface area is 196 Å². The van der Waals surface area contributed by atoms with Crippen molar-refractivity contribution in [3.05, 3.63) is 86.5 Å². The van der Waals surface area contributed by atoms with Crippen molar-refractivity contribution < 1.29 is 0 Å². The summed E-state index contributed by atoms with van der Waals surface area (Å²) in [6.07, 6.45) is 2.99. The Balaban J connectivity index is 1.53. The molecule has 0 saturated heterocycles. The number of nitrogens with zero attached hydrogens (tertiary/aromatic N) is 3. The Morgan fingerprint density at radius 3 is 2.78 bits per heavy atom. The van der Waals surface area contributed by atoms with Crippen molar-refractivity contribution in [3.63, 3.8) is 0 Å². The Morgan fingerprint density at radius 2 is 1.97 bits per heavy atom. The Bertz CT molecular complexity index is 1310. The lowest BCUT2D eigenvalue weighted by Gasteiger charge is -2.21. The van der Waals surface area contributed by atoms with Crippen molar-refractivity contribution in [1.29, 1.82) is 0 Å². The van der Waals surface area contributed by atoms with E-state index in [4.69, 9.17) is 4.98 Å². The Morgan fingerprint density at radius 1 is 1.12 bits per heavy atom. The molecule has 0 unspecified atom stereocenters. The zero-order valence-electron chi connectivity index (χ0n) is 18.5. The van der Waals surface area contributed by atoms with Crippen LogP contribution in [0.5, 0.6) is 0 Å². The molecule has 0 aliphatic carbocycles. The van der Waals surface area contributed by atoms with Crippen LogP contribution in [0.4, 0.5) is 0 Å². The second kappa shape index (κ2) is 9.22. The van der Waals surface area contributed by atoms with Crippen LogP contribution in [0.15, 0.2) is 64.5 Å². The standard InChI is InChI=1S/C26H27N3OS2/c1-18-8-6-12-20(16-18)29-25(30)23-21-13-14-28(2)17-22(21)32-24(23)27-26(29)31-15-7-11-19-9-4-3-5-10-19/h3-6,8-10,12,16H,7,11,13-15,17H2,1-2H3. The normalized spacial score (nSPS) is 14.1. The minimum Gasteiger partial charge on any atom is -0.301 e. The lowest BCUT2D eigenvalue weighted by molar-refractivity contribution is 0.318. The first-order chi connectivity index (χ1) is 15.6. The first-order valence-electron chi connectivity index (χ1n) is 11.1. The van der Waals surface area contributed by atoms with Gasteiger partial charge < -0.3 is 4.90 Å². The van der Waals surface area contributed by atoms with Gasteiger partial charge in [-0.15, -0.1) is 11.3 Å². The number of thioether (sulfide) groups is 1. The molecule has 1 aliphatic rings. The maximum absolute atomic E-state index is 13.8. The third-order valence-corrected chi connectivity index (χ3v) is 8.11. The molecule has 0 bridgehead atoms. The van der Waals surface area contributed by atoms with E-state index in [1.807, 2.05) is 16.7 Å². The first-order valence-corrected chi connectivity index (χ1v) is 12.9. The van der Waals surface area contributed by atoms with Crippen molar-refractivity contribution in [2.75, 3.05) is 19.3 Å². The molecule has 0 atom stereocenters.